The molecule has 174 valence electrons. The molecule has 2 N–H and O–H groups in total. The lowest BCUT2D eigenvalue weighted by molar-refractivity contribution is -0.319. The number of hydrogen-bond donors (Lipinski definition) is 2. The zero-order valence-corrected chi connectivity index (χ0v) is 19.6. The second kappa shape index (κ2) is 20.7. The van der Waals surface area contributed by atoms with Crippen molar-refractivity contribution in [2.75, 3.05) is 0 Å². The van der Waals surface area contributed by atoms with Crippen LogP contribution in [0.5, 0.6) is 0 Å². The molecule has 0 aromatic rings. The summed E-state index contributed by atoms with van der Waals surface area (Å²) in [7, 11) is 0. The largest absolute Gasteiger partial charge is 0.408 e. The van der Waals surface area contributed by atoms with Gasteiger partial charge in [0.15, 0.2) is 0 Å². The number of rotatable bonds is 22. The third kappa shape index (κ3) is 21.9. The molecule has 0 saturated carbocycles. The van der Waals surface area contributed by atoms with Gasteiger partial charge >= 0.3 is 11.9 Å². The van der Waals surface area contributed by atoms with Gasteiger partial charge in [0.05, 0.1) is 0 Å². The van der Waals surface area contributed by atoms with Crippen molar-refractivity contribution in [2.45, 2.75) is 155 Å². The topological polar surface area (TPSA) is 66.8 Å². The van der Waals surface area contributed by atoms with E-state index in [-0.39, 0.29) is 12.8 Å². The van der Waals surface area contributed by atoms with Crippen LogP contribution >= 0.6 is 0 Å². The van der Waals surface area contributed by atoms with Gasteiger partial charge in [0, 0.05) is 12.8 Å². The van der Waals surface area contributed by atoms with E-state index < -0.39 is 11.9 Å². The Morgan fingerprint density at radius 3 is 1.21 bits per heavy atom. The molecule has 29 heavy (non-hydrogen) atoms. The molecule has 0 aromatic heterocycles. The van der Waals surface area contributed by atoms with Crippen molar-refractivity contribution in [1.82, 2.24) is 0 Å². The zero-order chi connectivity index (χ0) is 21.6. The molecule has 0 spiro atoms. The molecular weight excluding hydrogens is 364 g/mol. The van der Waals surface area contributed by atoms with E-state index in [0.29, 0.717) is 0 Å². The maximum Gasteiger partial charge on any atom is 0.323 e. The van der Waals surface area contributed by atoms with E-state index in [1.165, 1.54) is 103 Å². The normalized spacial score (nSPS) is 11.7. The Labute approximate surface area is 180 Å². The number of carbonyl (C=O) groups excluding carboxylic acids is 1. The van der Waals surface area contributed by atoms with Crippen molar-refractivity contribution < 1.29 is 19.7 Å². The van der Waals surface area contributed by atoms with Gasteiger partial charge in [-0.15, -0.1) is 0 Å². The van der Waals surface area contributed by atoms with E-state index in [0.717, 1.165) is 19.3 Å². The molecule has 0 radical (unpaired) electrons. The van der Waals surface area contributed by atoms with Crippen molar-refractivity contribution in [2.24, 2.45) is 0 Å². The molecule has 0 rings (SSSR count). The molecule has 4 nitrogen and oxygen atoms in total. The van der Waals surface area contributed by atoms with Gasteiger partial charge in [0.25, 0.3) is 0 Å². The first-order valence-corrected chi connectivity index (χ1v) is 12.7. The molecule has 0 unspecified atom stereocenters. The fourth-order valence-electron chi connectivity index (χ4n) is 3.65. The lowest BCUT2D eigenvalue weighted by Gasteiger charge is -2.19. The molecule has 0 atom stereocenters. The molecule has 0 fully saturated rings. The number of aliphatic hydroxyl groups is 2. The second-order valence-corrected chi connectivity index (χ2v) is 8.68. The minimum absolute atomic E-state index is 0.0159. The summed E-state index contributed by atoms with van der Waals surface area (Å²) in [5.41, 5.74) is 0. The Morgan fingerprint density at radius 2 is 0.897 bits per heavy atom. The summed E-state index contributed by atoms with van der Waals surface area (Å²) >= 11 is 0. The smallest absolute Gasteiger partial charge is 0.323 e. The van der Waals surface area contributed by atoms with E-state index in [1.807, 2.05) is 0 Å². The highest BCUT2D eigenvalue weighted by atomic mass is 16.8. The Bertz CT molecular complexity index is 355. The Hall–Kier alpha value is -0.610. The molecule has 0 aliphatic carbocycles. The number of esters is 1. The molecule has 0 amide bonds. The van der Waals surface area contributed by atoms with Gasteiger partial charge in [-0.3, -0.25) is 4.79 Å². The van der Waals surface area contributed by atoms with Crippen LogP contribution in [-0.4, -0.2) is 22.2 Å². The van der Waals surface area contributed by atoms with E-state index >= 15 is 0 Å². The zero-order valence-electron chi connectivity index (χ0n) is 19.6. The van der Waals surface area contributed by atoms with Crippen LogP contribution in [-0.2, 0) is 9.53 Å². The van der Waals surface area contributed by atoms with Crippen LogP contribution in [0.15, 0.2) is 0 Å². The number of unbranched alkanes of at least 4 members (excludes halogenated alkanes) is 18. The summed E-state index contributed by atoms with van der Waals surface area (Å²) < 4.78 is 4.60. The van der Waals surface area contributed by atoms with Crippen LogP contribution in [0.3, 0.4) is 0 Å². The molecule has 0 saturated heterocycles. The molecule has 0 aliphatic heterocycles. The van der Waals surface area contributed by atoms with Gasteiger partial charge < -0.3 is 14.9 Å². The highest BCUT2D eigenvalue weighted by Gasteiger charge is 2.25. The SMILES string of the molecule is CCCCCCCCCCCCCCCCCCCCCC(=O)OC(O)(O)CC. The average Bonchev–Trinajstić information content (AvgIpc) is 2.69. The third-order valence-electron chi connectivity index (χ3n) is 5.72. The molecule has 0 heterocycles. The summed E-state index contributed by atoms with van der Waals surface area (Å²) in [6, 6.07) is 0. The Kier molecular flexibility index (Phi) is 20.2. The number of hydrogen-bond acceptors (Lipinski definition) is 4. The van der Waals surface area contributed by atoms with Gasteiger partial charge in [0.2, 0.25) is 0 Å². The van der Waals surface area contributed by atoms with Crippen molar-refractivity contribution in [3.05, 3.63) is 0 Å². The first-order chi connectivity index (χ1) is 14.0. The predicted molar refractivity (Wildman–Crippen MR) is 122 cm³/mol. The summed E-state index contributed by atoms with van der Waals surface area (Å²) in [6.45, 7) is 3.84. The Morgan fingerprint density at radius 1 is 0.586 bits per heavy atom. The third-order valence-corrected chi connectivity index (χ3v) is 5.72. The van der Waals surface area contributed by atoms with Crippen molar-refractivity contribution in [3.63, 3.8) is 0 Å². The van der Waals surface area contributed by atoms with E-state index in [9.17, 15) is 15.0 Å². The average molecular weight is 415 g/mol. The predicted octanol–water partition coefficient (Wildman–Crippen LogP) is 7.40. The summed E-state index contributed by atoms with van der Waals surface area (Å²) in [5, 5.41) is 18.5. The lowest BCUT2D eigenvalue weighted by Crippen LogP contribution is -2.33. The van der Waals surface area contributed by atoms with Crippen LogP contribution in [0.1, 0.15) is 149 Å². The summed E-state index contributed by atoms with van der Waals surface area (Å²) in [4.78, 5) is 11.5. The maximum atomic E-state index is 11.5. The lowest BCUT2D eigenvalue weighted by atomic mass is 10.0. The minimum Gasteiger partial charge on any atom is -0.408 e. The van der Waals surface area contributed by atoms with Crippen molar-refractivity contribution >= 4 is 5.97 Å². The molecule has 0 aliphatic rings. The number of carbonyl (C=O) groups is 1. The van der Waals surface area contributed by atoms with Gasteiger partial charge in [-0.1, -0.05) is 129 Å². The van der Waals surface area contributed by atoms with Crippen LogP contribution in [0.2, 0.25) is 0 Å². The van der Waals surface area contributed by atoms with E-state index in [2.05, 4.69) is 11.7 Å². The van der Waals surface area contributed by atoms with Crippen LogP contribution in [0.25, 0.3) is 0 Å². The van der Waals surface area contributed by atoms with Crippen LogP contribution < -0.4 is 0 Å². The summed E-state index contributed by atoms with van der Waals surface area (Å²) in [5.74, 6) is -2.82. The molecule has 0 aromatic carbocycles. The van der Waals surface area contributed by atoms with E-state index in [4.69, 9.17) is 0 Å². The fourth-order valence-corrected chi connectivity index (χ4v) is 3.65. The maximum absolute atomic E-state index is 11.5. The fraction of sp³-hybridized carbons (Fsp3) is 0.960. The molecular formula is C25H50O4. The highest BCUT2D eigenvalue weighted by Crippen LogP contribution is 2.15. The minimum atomic E-state index is -2.30. The molecule has 0 bridgehead atoms. The van der Waals surface area contributed by atoms with Gasteiger partial charge in [-0.05, 0) is 6.42 Å². The van der Waals surface area contributed by atoms with Gasteiger partial charge in [-0.25, -0.2) is 0 Å². The highest BCUT2D eigenvalue weighted by molar-refractivity contribution is 5.69. The second-order valence-electron chi connectivity index (χ2n) is 8.68. The summed E-state index contributed by atoms with van der Waals surface area (Å²) in [6.07, 6.45) is 25.3. The van der Waals surface area contributed by atoms with E-state index in [1.54, 1.807) is 6.92 Å². The van der Waals surface area contributed by atoms with Crippen LogP contribution in [0.4, 0.5) is 0 Å². The first kappa shape index (κ1) is 28.4. The van der Waals surface area contributed by atoms with Crippen molar-refractivity contribution in [3.8, 4) is 0 Å². The monoisotopic (exact) mass is 414 g/mol. The number of ether oxygens (including phenoxy) is 1. The quantitative estimate of drug-likeness (QED) is 0.110. The van der Waals surface area contributed by atoms with Gasteiger partial charge in [-0.2, -0.15) is 0 Å². The first-order valence-electron chi connectivity index (χ1n) is 12.7. The van der Waals surface area contributed by atoms with Crippen LogP contribution in [0, 0.1) is 0 Å². The molecule has 4 heteroatoms. The van der Waals surface area contributed by atoms with Gasteiger partial charge in [0.1, 0.15) is 0 Å². The Balaban J connectivity index is 3.16. The van der Waals surface area contributed by atoms with Crippen molar-refractivity contribution in [1.29, 1.82) is 0 Å². The standard InChI is InChI=1S/C25H50O4/c1-3-5-6-7-8-9-10-11-12-13-14-15-16-17-18-19-20-21-22-23-24(26)29-25(27,28)4-2/h27-28H,3-23H2,1-2H3.